The van der Waals surface area contributed by atoms with E-state index in [4.69, 9.17) is 0 Å². The first kappa shape index (κ1) is 12.8. The molecule has 1 heterocycles. The number of carbonyl (C=O) groups is 2. The Morgan fingerprint density at radius 2 is 2.06 bits per heavy atom. The Morgan fingerprint density at radius 1 is 1.28 bits per heavy atom. The van der Waals surface area contributed by atoms with Crippen LogP contribution >= 0.6 is 11.3 Å². The molecule has 1 amide bonds. The van der Waals surface area contributed by atoms with Crippen LogP contribution < -0.4 is 5.32 Å². The number of hydrogen-bond donors (Lipinski definition) is 1. The molecule has 0 atom stereocenters. The number of rotatable bonds is 5. The average Bonchev–Trinajstić information content (AvgIpc) is 2.72. The van der Waals surface area contributed by atoms with Crippen LogP contribution in [0.15, 0.2) is 29.6 Å². The zero-order valence-corrected chi connectivity index (χ0v) is 11.0. The summed E-state index contributed by atoms with van der Waals surface area (Å²) in [7, 11) is 0. The number of thiophene rings is 1. The molecule has 0 saturated heterocycles. The topological polar surface area (TPSA) is 46.2 Å². The third kappa shape index (κ3) is 3.17. The SMILES string of the molecule is CC(=O)CC(=O)NCCc1csc2ccccc12. The fraction of sp³-hybridized carbons (Fsp3) is 0.286. The molecule has 2 aromatic rings. The van der Waals surface area contributed by atoms with E-state index in [9.17, 15) is 9.59 Å². The Hall–Kier alpha value is -1.68. The highest BCUT2D eigenvalue weighted by atomic mass is 32.1. The van der Waals surface area contributed by atoms with Crippen molar-refractivity contribution in [2.75, 3.05) is 6.54 Å². The maximum Gasteiger partial charge on any atom is 0.227 e. The van der Waals surface area contributed by atoms with Gasteiger partial charge in [0.2, 0.25) is 5.91 Å². The number of fused-ring (bicyclic) bond motifs is 1. The molecule has 2 rings (SSSR count). The molecule has 3 nitrogen and oxygen atoms in total. The second-order valence-electron chi connectivity index (χ2n) is 4.24. The first-order valence-electron chi connectivity index (χ1n) is 5.88. The van der Waals surface area contributed by atoms with Crippen LogP contribution in [0.3, 0.4) is 0 Å². The third-order valence-electron chi connectivity index (χ3n) is 2.69. The van der Waals surface area contributed by atoms with Crippen molar-refractivity contribution >= 4 is 33.1 Å². The van der Waals surface area contributed by atoms with Gasteiger partial charge in [-0.3, -0.25) is 9.59 Å². The molecule has 94 valence electrons. The second kappa shape index (κ2) is 5.78. The molecule has 1 N–H and O–H groups in total. The van der Waals surface area contributed by atoms with Crippen molar-refractivity contribution in [3.8, 4) is 0 Å². The zero-order chi connectivity index (χ0) is 13.0. The van der Waals surface area contributed by atoms with Crippen molar-refractivity contribution in [2.24, 2.45) is 0 Å². The highest BCUT2D eigenvalue weighted by molar-refractivity contribution is 7.17. The summed E-state index contributed by atoms with van der Waals surface area (Å²) in [5.41, 5.74) is 1.25. The largest absolute Gasteiger partial charge is 0.355 e. The molecule has 0 aliphatic rings. The first-order chi connectivity index (χ1) is 8.66. The Balaban J connectivity index is 1.91. The van der Waals surface area contributed by atoms with E-state index in [1.54, 1.807) is 11.3 Å². The summed E-state index contributed by atoms with van der Waals surface area (Å²) >= 11 is 1.72. The van der Waals surface area contributed by atoms with Crippen molar-refractivity contribution in [3.05, 3.63) is 35.2 Å². The van der Waals surface area contributed by atoms with Crippen LogP contribution in [0, 0.1) is 0 Å². The maximum atomic E-state index is 11.3. The quantitative estimate of drug-likeness (QED) is 0.841. The minimum atomic E-state index is -0.193. The van der Waals surface area contributed by atoms with Crippen molar-refractivity contribution in [3.63, 3.8) is 0 Å². The number of carbonyl (C=O) groups excluding carboxylic acids is 2. The van der Waals surface area contributed by atoms with Gasteiger partial charge in [-0.2, -0.15) is 0 Å². The third-order valence-corrected chi connectivity index (χ3v) is 3.70. The smallest absolute Gasteiger partial charge is 0.227 e. The highest BCUT2D eigenvalue weighted by Crippen LogP contribution is 2.25. The van der Waals surface area contributed by atoms with E-state index < -0.39 is 0 Å². The van der Waals surface area contributed by atoms with Crippen molar-refractivity contribution in [1.29, 1.82) is 0 Å². The normalized spacial score (nSPS) is 10.5. The molecule has 0 fully saturated rings. The van der Waals surface area contributed by atoms with Gasteiger partial charge in [-0.05, 0) is 35.7 Å². The number of Topliss-reactive ketones (excluding diaryl/α,β-unsaturated/α-hetero) is 1. The first-order valence-corrected chi connectivity index (χ1v) is 6.76. The van der Waals surface area contributed by atoms with Crippen LogP contribution in [0.25, 0.3) is 10.1 Å². The molecule has 1 aromatic heterocycles. The van der Waals surface area contributed by atoms with Crippen LogP contribution in [0.1, 0.15) is 18.9 Å². The molecule has 1 aromatic carbocycles. The lowest BCUT2D eigenvalue weighted by Gasteiger charge is -2.03. The Bertz CT molecular complexity index is 574. The summed E-state index contributed by atoms with van der Waals surface area (Å²) in [6.45, 7) is 2.00. The van der Waals surface area contributed by atoms with Gasteiger partial charge in [0.05, 0.1) is 6.42 Å². The zero-order valence-electron chi connectivity index (χ0n) is 10.2. The van der Waals surface area contributed by atoms with Crippen LogP contribution in [0.4, 0.5) is 0 Å². The summed E-state index contributed by atoms with van der Waals surface area (Å²) < 4.78 is 1.27. The van der Waals surface area contributed by atoms with Crippen LogP contribution in [-0.4, -0.2) is 18.2 Å². The summed E-state index contributed by atoms with van der Waals surface area (Å²) in [5.74, 6) is -0.296. The molecule has 0 aliphatic heterocycles. The molecule has 18 heavy (non-hydrogen) atoms. The predicted molar refractivity (Wildman–Crippen MR) is 73.8 cm³/mol. The van der Waals surface area contributed by atoms with Gasteiger partial charge in [0, 0.05) is 11.2 Å². The lowest BCUT2D eigenvalue weighted by atomic mass is 10.1. The number of amides is 1. The fourth-order valence-corrected chi connectivity index (χ4v) is 2.85. The van der Waals surface area contributed by atoms with Crippen molar-refractivity contribution in [1.82, 2.24) is 5.32 Å². The van der Waals surface area contributed by atoms with Crippen LogP contribution in [0.5, 0.6) is 0 Å². The highest BCUT2D eigenvalue weighted by Gasteiger charge is 2.06. The molecule has 4 heteroatoms. The molecule has 0 aliphatic carbocycles. The number of benzene rings is 1. The maximum absolute atomic E-state index is 11.3. The van der Waals surface area contributed by atoms with Gasteiger partial charge in [-0.15, -0.1) is 11.3 Å². The second-order valence-corrected chi connectivity index (χ2v) is 5.15. The van der Waals surface area contributed by atoms with Gasteiger partial charge in [0.1, 0.15) is 5.78 Å². The van der Waals surface area contributed by atoms with E-state index in [0.29, 0.717) is 6.54 Å². The number of nitrogens with one attached hydrogen (secondary N) is 1. The summed E-state index contributed by atoms with van der Waals surface area (Å²) in [4.78, 5) is 22.1. The Morgan fingerprint density at radius 3 is 2.83 bits per heavy atom. The van der Waals surface area contributed by atoms with E-state index in [-0.39, 0.29) is 18.1 Å². The Kier molecular flexibility index (Phi) is 4.10. The molecule has 0 bridgehead atoms. The summed E-state index contributed by atoms with van der Waals surface area (Å²) in [5, 5.41) is 6.14. The Labute approximate surface area is 110 Å². The fourth-order valence-electron chi connectivity index (χ4n) is 1.85. The standard InChI is InChI=1S/C14H15NO2S/c1-10(16)8-14(17)15-7-6-11-9-18-13-5-3-2-4-12(11)13/h2-5,9H,6-8H2,1H3,(H,15,17). The van der Waals surface area contributed by atoms with E-state index in [1.807, 2.05) is 12.1 Å². The van der Waals surface area contributed by atoms with Crippen LogP contribution in [-0.2, 0) is 16.0 Å². The lowest BCUT2D eigenvalue weighted by Crippen LogP contribution is -2.27. The molecule has 0 spiro atoms. The van der Waals surface area contributed by atoms with Gasteiger partial charge in [0.25, 0.3) is 0 Å². The molecular formula is C14H15NO2S. The monoisotopic (exact) mass is 261 g/mol. The van der Waals surface area contributed by atoms with Crippen molar-refractivity contribution < 1.29 is 9.59 Å². The number of ketones is 1. The van der Waals surface area contributed by atoms with E-state index >= 15 is 0 Å². The molecular weight excluding hydrogens is 246 g/mol. The van der Waals surface area contributed by atoms with Gasteiger partial charge < -0.3 is 5.32 Å². The number of hydrogen-bond acceptors (Lipinski definition) is 3. The van der Waals surface area contributed by atoms with E-state index in [2.05, 4.69) is 22.8 Å². The van der Waals surface area contributed by atoms with Gasteiger partial charge >= 0.3 is 0 Å². The summed E-state index contributed by atoms with van der Waals surface area (Å²) in [6.07, 6.45) is 0.776. The molecule has 0 unspecified atom stereocenters. The van der Waals surface area contributed by atoms with Gasteiger partial charge in [-0.25, -0.2) is 0 Å². The molecule has 0 radical (unpaired) electrons. The molecule has 0 saturated carbocycles. The van der Waals surface area contributed by atoms with Crippen molar-refractivity contribution in [2.45, 2.75) is 19.8 Å². The van der Waals surface area contributed by atoms with Gasteiger partial charge in [0.15, 0.2) is 0 Å². The lowest BCUT2D eigenvalue weighted by molar-refractivity contribution is -0.127. The van der Waals surface area contributed by atoms with Crippen LogP contribution in [0.2, 0.25) is 0 Å². The minimum Gasteiger partial charge on any atom is -0.355 e. The predicted octanol–water partition coefficient (Wildman–Crippen LogP) is 2.54. The van der Waals surface area contributed by atoms with E-state index in [1.165, 1.54) is 22.6 Å². The van der Waals surface area contributed by atoms with E-state index in [0.717, 1.165) is 6.42 Å². The average molecular weight is 261 g/mol. The van der Waals surface area contributed by atoms with Gasteiger partial charge in [-0.1, -0.05) is 18.2 Å². The minimum absolute atomic E-state index is 0.0234. The summed E-state index contributed by atoms with van der Waals surface area (Å²) in [6, 6.07) is 8.24.